The molecule has 0 spiro atoms. The van der Waals surface area contributed by atoms with E-state index in [0.717, 1.165) is 23.6 Å². The van der Waals surface area contributed by atoms with Crippen LogP contribution in [0.2, 0.25) is 0 Å². The standard InChI is InChI=1S/C24H32BFN2O4/c1-7-8-21(24(4,5)6)28(23(30)17-12-15(2)11-16(3)13-17)27-22(29)19-10-9-18(32-25-31)14-20(19)26/h9-14,21,25,31H,7-8H2,1-6H3,(H,27,29)/t21-/m1/s1. The number of hydrogen-bond acceptors (Lipinski definition) is 4. The maximum absolute atomic E-state index is 14.6. The van der Waals surface area contributed by atoms with Gasteiger partial charge in [-0.3, -0.25) is 15.0 Å². The Morgan fingerprint density at radius 3 is 2.28 bits per heavy atom. The van der Waals surface area contributed by atoms with E-state index >= 15 is 0 Å². The largest absolute Gasteiger partial charge is 0.539 e. The van der Waals surface area contributed by atoms with Gasteiger partial charge < -0.3 is 9.68 Å². The van der Waals surface area contributed by atoms with E-state index in [0.29, 0.717) is 12.0 Å². The Hall–Kier alpha value is -2.87. The highest BCUT2D eigenvalue weighted by atomic mass is 19.1. The Morgan fingerprint density at radius 2 is 1.78 bits per heavy atom. The Morgan fingerprint density at radius 1 is 1.16 bits per heavy atom. The molecule has 2 N–H and O–H groups in total. The maximum atomic E-state index is 14.6. The summed E-state index contributed by atoms with van der Waals surface area (Å²) in [6.45, 7) is 11.8. The average Bonchev–Trinajstić information content (AvgIpc) is 2.68. The summed E-state index contributed by atoms with van der Waals surface area (Å²) in [7, 11) is -0.604. The molecular formula is C24H32BFN2O4. The van der Waals surface area contributed by atoms with Crippen LogP contribution >= 0.6 is 0 Å². The second kappa shape index (κ2) is 10.6. The van der Waals surface area contributed by atoms with Crippen molar-refractivity contribution < 1.29 is 23.7 Å². The van der Waals surface area contributed by atoms with Crippen molar-refractivity contribution in [1.29, 1.82) is 0 Å². The number of amides is 2. The molecule has 0 aliphatic carbocycles. The van der Waals surface area contributed by atoms with Crippen LogP contribution in [0.4, 0.5) is 4.39 Å². The molecule has 0 saturated carbocycles. The van der Waals surface area contributed by atoms with Crippen molar-refractivity contribution in [2.24, 2.45) is 5.41 Å². The number of rotatable bonds is 7. The second-order valence-corrected chi connectivity index (χ2v) is 9.08. The van der Waals surface area contributed by atoms with Crippen molar-refractivity contribution in [2.75, 3.05) is 0 Å². The Kier molecular flexibility index (Phi) is 8.44. The van der Waals surface area contributed by atoms with E-state index < -0.39 is 19.4 Å². The molecule has 0 heterocycles. The molecule has 0 saturated heterocycles. The van der Waals surface area contributed by atoms with Crippen LogP contribution in [0.15, 0.2) is 36.4 Å². The van der Waals surface area contributed by atoms with Gasteiger partial charge >= 0.3 is 7.69 Å². The number of halogens is 1. The third kappa shape index (κ3) is 6.32. The van der Waals surface area contributed by atoms with E-state index in [2.05, 4.69) is 5.43 Å². The molecule has 0 radical (unpaired) electrons. The molecule has 172 valence electrons. The average molecular weight is 442 g/mol. The van der Waals surface area contributed by atoms with Crippen LogP contribution in [-0.4, -0.2) is 35.6 Å². The summed E-state index contributed by atoms with van der Waals surface area (Å²) < 4.78 is 19.4. The number of nitrogens with one attached hydrogen (secondary N) is 1. The van der Waals surface area contributed by atoms with E-state index in [1.165, 1.54) is 17.1 Å². The van der Waals surface area contributed by atoms with Crippen molar-refractivity contribution in [1.82, 2.24) is 10.4 Å². The first-order chi connectivity index (χ1) is 15.0. The normalized spacial score (nSPS) is 12.1. The predicted molar refractivity (Wildman–Crippen MR) is 124 cm³/mol. The Bertz CT molecular complexity index is 955. The minimum Gasteiger partial charge on any atom is -0.539 e. The van der Waals surface area contributed by atoms with Gasteiger partial charge in [0.15, 0.2) is 0 Å². The van der Waals surface area contributed by atoms with Crippen LogP contribution in [0.3, 0.4) is 0 Å². The smallest absolute Gasteiger partial charge is 0.504 e. The first kappa shape index (κ1) is 25.4. The van der Waals surface area contributed by atoms with E-state index in [4.69, 9.17) is 9.68 Å². The quantitative estimate of drug-likeness (QED) is 0.500. The third-order valence-corrected chi connectivity index (χ3v) is 5.20. The summed E-state index contributed by atoms with van der Waals surface area (Å²) in [5.41, 5.74) is 4.44. The second-order valence-electron chi connectivity index (χ2n) is 9.08. The molecule has 0 unspecified atom stereocenters. The SMILES string of the molecule is CCC[C@@H](N(NC(=O)c1ccc(OBO)cc1F)C(=O)c1cc(C)cc(C)c1)C(C)(C)C. The van der Waals surface area contributed by atoms with Crippen LogP contribution in [-0.2, 0) is 0 Å². The molecule has 2 aromatic rings. The summed E-state index contributed by atoms with van der Waals surface area (Å²) in [6, 6.07) is 8.89. The fraction of sp³-hybridized carbons (Fsp3) is 0.417. The summed E-state index contributed by atoms with van der Waals surface area (Å²) in [5.74, 6) is -1.79. The zero-order valence-electron chi connectivity index (χ0n) is 19.7. The third-order valence-electron chi connectivity index (χ3n) is 5.20. The molecule has 6 nitrogen and oxygen atoms in total. The molecule has 0 aromatic heterocycles. The van der Waals surface area contributed by atoms with Gasteiger partial charge in [0, 0.05) is 11.6 Å². The van der Waals surface area contributed by atoms with Gasteiger partial charge in [-0.05, 0) is 49.9 Å². The summed E-state index contributed by atoms with van der Waals surface area (Å²) >= 11 is 0. The molecule has 0 fully saturated rings. The fourth-order valence-electron chi connectivity index (χ4n) is 3.74. The number of carbonyl (C=O) groups excluding carboxylic acids is 2. The van der Waals surface area contributed by atoms with Crippen molar-refractivity contribution in [3.05, 3.63) is 64.5 Å². The Balaban J connectivity index is 2.46. The van der Waals surface area contributed by atoms with Gasteiger partial charge in [0.1, 0.15) is 11.6 Å². The van der Waals surface area contributed by atoms with E-state index in [1.54, 1.807) is 12.1 Å². The van der Waals surface area contributed by atoms with Gasteiger partial charge in [-0.2, -0.15) is 0 Å². The summed E-state index contributed by atoms with van der Waals surface area (Å²) in [4.78, 5) is 26.6. The van der Waals surface area contributed by atoms with Crippen molar-refractivity contribution in [3.63, 3.8) is 0 Å². The minimum absolute atomic E-state index is 0.100. The number of aryl methyl sites for hydroxylation is 2. The zero-order valence-corrected chi connectivity index (χ0v) is 19.7. The first-order valence-electron chi connectivity index (χ1n) is 10.7. The van der Waals surface area contributed by atoms with Crippen LogP contribution < -0.4 is 10.1 Å². The summed E-state index contributed by atoms with van der Waals surface area (Å²) in [5, 5.41) is 10.2. The molecule has 2 aromatic carbocycles. The fourth-order valence-corrected chi connectivity index (χ4v) is 3.74. The zero-order chi connectivity index (χ0) is 24.1. The molecule has 8 heteroatoms. The first-order valence-corrected chi connectivity index (χ1v) is 10.7. The monoisotopic (exact) mass is 442 g/mol. The van der Waals surface area contributed by atoms with Crippen LogP contribution in [0.1, 0.15) is 72.4 Å². The number of hydrazine groups is 1. The molecule has 1 atom stereocenters. The molecule has 0 aliphatic heterocycles. The topological polar surface area (TPSA) is 78.9 Å². The highest BCUT2D eigenvalue weighted by Gasteiger charge is 2.35. The van der Waals surface area contributed by atoms with Crippen LogP contribution in [0.5, 0.6) is 5.75 Å². The highest BCUT2D eigenvalue weighted by Crippen LogP contribution is 2.29. The number of benzene rings is 2. The molecule has 2 rings (SSSR count). The molecule has 32 heavy (non-hydrogen) atoms. The van der Waals surface area contributed by atoms with E-state index in [9.17, 15) is 14.0 Å². The summed E-state index contributed by atoms with van der Waals surface area (Å²) in [6.07, 6.45) is 1.46. The number of nitrogens with zero attached hydrogens (tertiary/aromatic N) is 1. The van der Waals surface area contributed by atoms with Gasteiger partial charge in [-0.15, -0.1) is 0 Å². The van der Waals surface area contributed by atoms with Crippen molar-refractivity contribution in [2.45, 2.75) is 60.4 Å². The van der Waals surface area contributed by atoms with Gasteiger partial charge in [-0.25, -0.2) is 9.40 Å². The lowest BCUT2D eigenvalue weighted by atomic mass is 9.83. The lowest BCUT2D eigenvalue weighted by Gasteiger charge is -2.40. The van der Waals surface area contributed by atoms with Gasteiger partial charge in [0.25, 0.3) is 11.8 Å². The molecular weight excluding hydrogens is 410 g/mol. The number of hydrogen-bond donors (Lipinski definition) is 2. The van der Waals surface area contributed by atoms with Gasteiger partial charge in [-0.1, -0.05) is 51.3 Å². The lowest BCUT2D eigenvalue weighted by molar-refractivity contribution is 0.0269. The number of carbonyl (C=O) groups is 2. The van der Waals surface area contributed by atoms with Crippen LogP contribution in [0, 0.1) is 25.1 Å². The van der Waals surface area contributed by atoms with Crippen molar-refractivity contribution in [3.8, 4) is 5.75 Å². The van der Waals surface area contributed by atoms with E-state index in [-0.39, 0.29) is 28.7 Å². The lowest BCUT2D eigenvalue weighted by Crippen LogP contribution is -2.56. The molecule has 2 amide bonds. The highest BCUT2D eigenvalue weighted by molar-refractivity contribution is 6.17. The molecule has 0 aliphatic rings. The van der Waals surface area contributed by atoms with Crippen LogP contribution in [0.25, 0.3) is 0 Å². The molecule has 0 bridgehead atoms. The maximum Gasteiger partial charge on any atom is 0.504 e. The van der Waals surface area contributed by atoms with Crippen molar-refractivity contribution >= 4 is 19.5 Å². The Labute approximate surface area is 190 Å². The van der Waals surface area contributed by atoms with Gasteiger partial charge in [0.2, 0.25) is 0 Å². The predicted octanol–water partition coefficient (Wildman–Crippen LogP) is 4.08. The van der Waals surface area contributed by atoms with E-state index in [1.807, 2.05) is 47.6 Å². The minimum atomic E-state index is -0.810. The van der Waals surface area contributed by atoms with Gasteiger partial charge in [0.05, 0.1) is 11.6 Å².